The molecule has 0 unspecified atom stereocenters. The first-order chi connectivity index (χ1) is 17.6. The maximum absolute atomic E-state index is 13.0. The number of rotatable bonds is 8. The van der Waals surface area contributed by atoms with Crippen LogP contribution in [0.15, 0.2) is 71.6 Å². The predicted octanol–water partition coefficient (Wildman–Crippen LogP) is 4.09. The lowest BCUT2D eigenvalue weighted by Crippen LogP contribution is -2.49. The molecule has 1 heterocycles. The fourth-order valence-corrected chi connectivity index (χ4v) is 5.66. The number of halogens is 1. The normalized spacial score (nSPS) is 14.3. The van der Waals surface area contributed by atoms with E-state index in [1.807, 2.05) is 11.8 Å². The lowest BCUT2D eigenvalue weighted by molar-refractivity contribution is -0.384. The van der Waals surface area contributed by atoms with Crippen LogP contribution in [-0.2, 0) is 14.8 Å². The van der Waals surface area contributed by atoms with Gasteiger partial charge in [0.05, 0.1) is 26.2 Å². The van der Waals surface area contributed by atoms with E-state index in [2.05, 4.69) is 5.32 Å². The maximum atomic E-state index is 13.0. The molecule has 1 fully saturated rings. The van der Waals surface area contributed by atoms with Gasteiger partial charge in [-0.3, -0.25) is 14.9 Å². The maximum Gasteiger partial charge on any atom is 0.269 e. The van der Waals surface area contributed by atoms with Crippen LogP contribution in [0.3, 0.4) is 0 Å². The van der Waals surface area contributed by atoms with Gasteiger partial charge in [0.2, 0.25) is 10.0 Å². The quantitative estimate of drug-likeness (QED) is 0.335. The van der Waals surface area contributed by atoms with Crippen molar-refractivity contribution in [3.05, 3.63) is 87.4 Å². The molecule has 1 aliphatic rings. The van der Waals surface area contributed by atoms with Crippen LogP contribution in [0.25, 0.3) is 0 Å². The van der Waals surface area contributed by atoms with Gasteiger partial charge in [0.25, 0.3) is 11.6 Å². The van der Waals surface area contributed by atoms with Crippen LogP contribution in [0.2, 0.25) is 5.02 Å². The third-order valence-electron chi connectivity index (χ3n) is 5.89. The Hall–Kier alpha value is -3.67. The summed E-state index contributed by atoms with van der Waals surface area (Å²) in [7, 11) is -3.61. The summed E-state index contributed by atoms with van der Waals surface area (Å²) >= 11 is 6.49. The number of hydrogen-bond acceptors (Lipinski definition) is 7. The second-order valence-corrected chi connectivity index (χ2v) is 10.8. The second-order valence-electron chi connectivity index (χ2n) is 8.43. The first-order valence-corrected chi connectivity index (χ1v) is 13.2. The standard InChI is InChI=1S/C25H25ClN4O6S/c1-18-5-11-21(12-6-18)37(34,35)29-15-13-28(14-16-29)25-22(26)3-2-4-23(25)27-24(31)17-36-20-9-7-19(8-10-20)30(32)33/h2-12H,13-17H2,1H3,(H,27,31). The van der Waals surface area contributed by atoms with Crippen molar-refractivity contribution in [3.63, 3.8) is 0 Å². The molecule has 0 aliphatic carbocycles. The number of nitro benzene ring substituents is 1. The van der Waals surface area contributed by atoms with Crippen molar-refractivity contribution in [2.24, 2.45) is 0 Å². The molecule has 37 heavy (non-hydrogen) atoms. The molecular formula is C25H25ClN4O6S. The van der Waals surface area contributed by atoms with Crippen LogP contribution in [-0.4, -0.2) is 56.3 Å². The summed E-state index contributed by atoms with van der Waals surface area (Å²) in [5.74, 6) is -0.125. The Morgan fingerprint density at radius 1 is 1.03 bits per heavy atom. The monoisotopic (exact) mass is 544 g/mol. The molecule has 1 N–H and O–H groups in total. The predicted molar refractivity (Wildman–Crippen MR) is 141 cm³/mol. The van der Waals surface area contributed by atoms with Crippen molar-refractivity contribution in [3.8, 4) is 5.75 Å². The third kappa shape index (κ3) is 6.19. The van der Waals surface area contributed by atoms with Gasteiger partial charge in [0, 0.05) is 38.3 Å². The smallest absolute Gasteiger partial charge is 0.269 e. The number of anilines is 2. The number of nitrogens with one attached hydrogen (secondary N) is 1. The van der Waals surface area contributed by atoms with E-state index in [4.69, 9.17) is 16.3 Å². The zero-order valence-corrected chi connectivity index (χ0v) is 21.5. The van der Waals surface area contributed by atoms with Gasteiger partial charge in [0.1, 0.15) is 5.75 Å². The lowest BCUT2D eigenvalue weighted by atomic mass is 10.2. The molecule has 1 saturated heterocycles. The van der Waals surface area contributed by atoms with Gasteiger partial charge in [0.15, 0.2) is 6.61 Å². The van der Waals surface area contributed by atoms with Gasteiger partial charge in [-0.15, -0.1) is 0 Å². The van der Waals surface area contributed by atoms with Crippen molar-refractivity contribution in [2.45, 2.75) is 11.8 Å². The molecule has 1 amide bonds. The molecule has 3 aromatic rings. The van der Waals surface area contributed by atoms with Gasteiger partial charge in [-0.05, 0) is 43.3 Å². The number of aryl methyl sites for hydroxylation is 1. The number of benzene rings is 3. The van der Waals surface area contributed by atoms with E-state index in [1.54, 1.807) is 42.5 Å². The Bertz CT molecular complexity index is 1390. The Labute approximate surface area is 219 Å². The number of carbonyl (C=O) groups excluding carboxylic acids is 1. The average Bonchev–Trinajstić information content (AvgIpc) is 2.88. The molecule has 0 aromatic heterocycles. The van der Waals surface area contributed by atoms with Gasteiger partial charge in [-0.2, -0.15) is 4.31 Å². The Morgan fingerprint density at radius 3 is 2.30 bits per heavy atom. The molecule has 0 bridgehead atoms. The van der Waals surface area contributed by atoms with E-state index >= 15 is 0 Å². The number of piperazine rings is 1. The van der Waals surface area contributed by atoms with Crippen LogP contribution in [0.5, 0.6) is 5.75 Å². The molecular weight excluding hydrogens is 520 g/mol. The molecule has 0 atom stereocenters. The van der Waals surface area contributed by atoms with Crippen molar-refractivity contribution >= 4 is 44.6 Å². The Morgan fingerprint density at radius 2 is 1.68 bits per heavy atom. The van der Waals surface area contributed by atoms with Crippen molar-refractivity contribution in [1.29, 1.82) is 0 Å². The summed E-state index contributed by atoms with van der Waals surface area (Å²) in [6.07, 6.45) is 0. The summed E-state index contributed by atoms with van der Waals surface area (Å²) in [5.41, 5.74) is 1.97. The number of non-ortho nitro benzene ring substituents is 1. The number of nitrogens with zero attached hydrogens (tertiary/aromatic N) is 3. The van der Waals surface area contributed by atoms with Gasteiger partial charge >= 0.3 is 0 Å². The summed E-state index contributed by atoms with van der Waals surface area (Å²) in [4.78, 5) is 25.0. The number of carbonyl (C=O) groups is 1. The topological polar surface area (TPSA) is 122 Å². The van der Waals surface area contributed by atoms with Crippen LogP contribution >= 0.6 is 11.6 Å². The third-order valence-corrected chi connectivity index (χ3v) is 8.11. The minimum absolute atomic E-state index is 0.0767. The zero-order valence-electron chi connectivity index (χ0n) is 20.0. The minimum atomic E-state index is -3.61. The fraction of sp³-hybridized carbons (Fsp3) is 0.240. The van der Waals surface area contributed by atoms with Gasteiger partial charge in [-0.1, -0.05) is 35.4 Å². The van der Waals surface area contributed by atoms with Crippen molar-refractivity contribution in [2.75, 3.05) is 43.0 Å². The highest BCUT2D eigenvalue weighted by Gasteiger charge is 2.30. The Kier molecular flexibility index (Phi) is 7.96. The molecule has 1 aliphatic heterocycles. The molecule has 4 rings (SSSR count). The van der Waals surface area contributed by atoms with E-state index in [-0.39, 0.29) is 30.3 Å². The Balaban J connectivity index is 1.40. The zero-order chi connectivity index (χ0) is 26.6. The number of ether oxygens (including phenoxy) is 1. The number of sulfonamides is 1. The van der Waals surface area contributed by atoms with Crippen LogP contribution in [0, 0.1) is 17.0 Å². The van der Waals surface area contributed by atoms with E-state index in [0.717, 1.165) is 5.56 Å². The number of hydrogen-bond donors (Lipinski definition) is 1. The molecule has 0 saturated carbocycles. The first kappa shape index (κ1) is 26.4. The highest BCUT2D eigenvalue weighted by Crippen LogP contribution is 2.35. The van der Waals surface area contributed by atoms with E-state index in [0.29, 0.717) is 35.2 Å². The lowest BCUT2D eigenvalue weighted by Gasteiger charge is -2.36. The van der Waals surface area contributed by atoms with Crippen LogP contribution in [0.4, 0.5) is 17.1 Å². The summed E-state index contributed by atoms with van der Waals surface area (Å²) in [6.45, 7) is 2.88. The number of amides is 1. The molecule has 194 valence electrons. The summed E-state index contributed by atoms with van der Waals surface area (Å²) in [5, 5.41) is 14.0. The first-order valence-electron chi connectivity index (χ1n) is 11.4. The number of nitro groups is 1. The minimum Gasteiger partial charge on any atom is -0.484 e. The van der Waals surface area contributed by atoms with Crippen molar-refractivity contribution < 1.29 is 22.9 Å². The highest BCUT2D eigenvalue weighted by atomic mass is 35.5. The second kappa shape index (κ2) is 11.2. The molecule has 0 radical (unpaired) electrons. The summed E-state index contributed by atoms with van der Waals surface area (Å²) in [6, 6.07) is 17.3. The van der Waals surface area contributed by atoms with E-state index < -0.39 is 20.9 Å². The highest BCUT2D eigenvalue weighted by molar-refractivity contribution is 7.89. The van der Waals surface area contributed by atoms with Crippen LogP contribution < -0.4 is 15.0 Å². The SMILES string of the molecule is Cc1ccc(S(=O)(=O)N2CCN(c3c(Cl)cccc3NC(=O)COc3ccc([N+](=O)[O-])cc3)CC2)cc1. The molecule has 12 heteroatoms. The molecule has 3 aromatic carbocycles. The van der Waals surface area contributed by atoms with Gasteiger partial charge < -0.3 is 15.0 Å². The van der Waals surface area contributed by atoms with E-state index in [9.17, 15) is 23.3 Å². The number of para-hydroxylation sites is 1. The van der Waals surface area contributed by atoms with Crippen LogP contribution in [0.1, 0.15) is 5.56 Å². The largest absolute Gasteiger partial charge is 0.484 e. The van der Waals surface area contributed by atoms with Gasteiger partial charge in [-0.25, -0.2) is 8.42 Å². The van der Waals surface area contributed by atoms with Crippen molar-refractivity contribution in [1.82, 2.24) is 4.31 Å². The average molecular weight is 545 g/mol. The van der Waals surface area contributed by atoms with E-state index in [1.165, 1.54) is 28.6 Å². The molecule has 0 spiro atoms. The fourth-order valence-electron chi connectivity index (χ4n) is 3.95. The molecule has 10 nitrogen and oxygen atoms in total. The summed E-state index contributed by atoms with van der Waals surface area (Å²) < 4.78 is 33.0.